The van der Waals surface area contributed by atoms with Crippen molar-refractivity contribution in [3.8, 4) is 0 Å². The summed E-state index contributed by atoms with van der Waals surface area (Å²) >= 11 is 0. The van der Waals surface area contributed by atoms with Gasteiger partial charge in [-0.05, 0) is 37.3 Å². The molecule has 4 rings (SSSR count). The Morgan fingerprint density at radius 1 is 1.14 bits per heavy atom. The van der Waals surface area contributed by atoms with Crippen molar-refractivity contribution in [2.24, 2.45) is 0 Å². The van der Waals surface area contributed by atoms with Crippen molar-refractivity contribution in [2.45, 2.75) is 13.3 Å². The molecule has 4 aromatic rings. The molecule has 2 aromatic heterocycles. The van der Waals surface area contributed by atoms with Gasteiger partial charge in [-0.2, -0.15) is 4.98 Å². The van der Waals surface area contributed by atoms with Crippen LogP contribution >= 0.6 is 0 Å². The van der Waals surface area contributed by atoms with Crippen LogP contribution in [0.25, 0.3) is 16.7 Å². The lowest BCUT2D eigenvalue weighted by atomic mass is 9.95. The van der Waals surface area contributed by atoms with Gasteiger partial charge in [0.2, 0.25) is 0 Å². The molecule has 10 heteroatoms. The Morgan fingerprint density at radius 3 is 2.64 bits per heavy atom. The number of fused-ring (bicyclic) bond motifs is 3. The van der Waals surface area contributed by atoms with Crippen LogP contribution < -0.4 is 10.4 Å². The van der Waals surface area contributed by atoms with Crippen molar-refractivity contribution in [1.29, 1.82) is 0 Å². The van der Waals surface area contributed by atoms with Gasteiger partial charge in [-0.1, -0.05) is 11.5 Å². The molecule has 0 saturated heterocycles. The number of halogens is 4. The number of rotatable bonds is 4. The van der Waals surface area contributed by atoms with Gasteiger partial charge in [-0.25, -0.2) is 17.6 Å². The average Bonchev–Trinajstić information content (AvgIpc) is 2.99. The zero-order valence-electron chi connectivity index (χ0n) is 14.6. The van der Waals surface area contributed by atoms with Crippen molar-refractivity contribution in [1.82, 2.24) is 19.6 Å². The van der Waals surface area contributed by atoms with Gasteiger partial charge in [-0.3, -0.25) is 4.40 Å². The molecule has 0 aliphatic carbocycles. The SMILES string of the molecule is [B]c1cc(F)cc(N(CC(F)F)c2nc3nnc(C)n3c3cccc(F)c23)c1. The zero-order chi connectivity index (χ0) is 20.0. The number of hydrogen-bond acceptors (Lipinski definition) is 4. The molecular weight excluding hydrogens is 373 g/mol. The zero-order valence-corrected chi connectivity index (χ0v) is 14.6. The van der Waals surface area contributed by atoms with Crippen molar-refractivity contribution in [2.75, 3.05) is 11.4 Å². The Hall–Kier alpha value is -3.17. The van der Waals surface area contributed by atoms with E-state index in [4.69, 9.17) is 7.85 Å². The number of hydrogen-bond donors (Lipinski definition) is 0. The summed E-state index contributed by atoms with van der Waals surface area (Å²) in [4.78, 5) is 5.28. The van der Waals surface area contributed by atoms with Gasteiger partial charge in [0.25, 0.3) is 12.2 Å². The molecule has 0 aliphatic heterocycles. The van der Waals surface area contributed by atoms with Crippen molar-refractivity contribution >= 4 is 41.5 Å². The number of aryl methyl sites for hydroxylation is 1. The largest absolute Gasteiger partial charge is 0.320 e. The Balaban J connectivity index is 2.07. The number of aromatic nitrogens is 4. The summed E-state index contributed by atoms with van der Waals surface area (Å²) in [6.07, 6.45) is -2.80. The first-order valence-electron chi connectivity index (χ1n) is 8.27. The minimum absolute atomic E-state index is 0.0126. The summed E-state index contributed by atoms with van der Waals surface area (Å²) in [5, 5.41) is 7.82. The summed E-state index contributed by atoms with van der Waals surface area (Å²) in [6, 6.07) is 7.69. The summed E-state index contributed by atoms with van der Waals surface area (Å²) in [7, 11) is 5.67. The molecule has 28 heavy (non-hydrogen) atoms. The predicted molar refractivity (Wildman–Crippen MR) is 97.8 cm³/mol. The van der Waals surface area contributed by atoms with Crippen LogP contribution in [0.1, 0.15) is 5.82 Å². The van der Waals surface area contributed by atoms with E-state index < -0.39 is 24.6 Å². The number of nitrogens with zero attached hydrogens (tertiary/aromatic N) is 5. The summed E-state index contributed by atoms with van der Waals surface area (Å²) in [6.45, 7) is 0.818. The lowest BCUT2D eigenvalue weighted by molar-refractivity contribution is 0.158. The Bertz CT molecular complexity index is 1170. The van der Waals surface area contributed by atoms with E-state index in [1.807, 2.05) is 0 Å². The third-order valence-corrected chi connectivity index (χ3v) is 4.26. The monoisotopic (exact) mass is 385 g/mol. The van der Waals surface area contributed by atoms with Crippen LogP contribution in [-0.4, -0.2) is 40.4 Å². The Kier molecular flexibility index (Phi) is 4.41. The predicted octanol–water partition coefficient (Wildman–Crippen LogP) is 3.06. The molecule has 0 amide bonds. The van der Waals surface area contributed by atoms with Crippen LogP contribution in [0.5, 0.6) is 0 Å². The first kappa shape index (κ1) is 18.2. The molecule has 5 nitrogen and oxygen atoms in total. The second kappa shape index (κ2) is 6.77. The standard InChI is InChI=1S/C18H12BF4N5/c1-9-25-26-18-24-17(16-13(21)3-2-4-14(16)28(9)18)27(8-15(22)23)12-6-10(19)5-11(20)7-12/h2-7,15H,8H2,1H3. The highest BCUT2D eigenvalue weighted by atomic mass is 19.3. The topological polar surface area (TPSA) is 46.3 Å². The van der Waals surface area contributed by atoms with Crippen molar-refractivity contribution in [3.05, 3.63) is 53.9 Å². The number of benzene rings is 2. The van der Waals surface area contributed by atoms with Crippen LogP contribution in [0.2, 0.25) is 0 Å². The quantitative estimate of drug-likeness (QED) is 0.400. The molecule has 2 heterocycles. The fourth-order valence-electron chi connectivity index (χ4n) is 3.18. The van der Waals surface area contributed by atoms with E-state index in [1.165, 1.54) is 22.6 Å². The van der Waals surface area contributed by atoms with E-state index in [-0.39, 0.29) is 28.1 Å². The Morgan fingerprint density at radius 2 is 1.93 bits per heavy atom. The maximum Gasteiger partial charge on any atom is 0.257 e. The molecule has 0 bridgehead atoms. The van der Waals surface area contributed by atoms with Gasteiger partial charge in [0.1, 0.15) is 31.1 Å². The van der Waals surface area contributed by atoms with Crippen molar-refractivity contribution in [3.63, 3.8) is 0 Å². The summed E-state index contributed by atoms with van der Waals surface area (Å²) in [5.41, 5.74) is 0.417. The first-order valence-corrected chi connectivity index (χ1v) is 8.27. The highest BCUT2D eigenvalue weighted by Crippen LogP contribution is 2.33. The van der Waals surface area contributed by atoms with Crippen molar-refractivity contribution < 1.29 is 17.6 Å². The minimum Gasteiger partial charge on any atom is -0.320 e. The lowest BCUT2D eigenvalue weighted by Gasteiger charge is -2.25. The van der Waals surface area contributed by atoms with Gasteiger partial charge in [0.15, 0.2) is 0 Å². The first-order chi connectivity index (χ1) is 13.3. The van der Waals surface area contributed by atoms with E-state index in [2.05, 4.69) is 15.2 Å². The maximum atomic E-state index is 14.8. The summed E-state index contributed by atoms with van der Waals surface area (Å²) in [5.74, 6) is -0.940. The van der Waals surface area contributed by atoms with Crippen LogP contribution in [0.4, 0.5) is 29.1 Å². The number of anilines is 2. The third-order valence-electron chi connectivity index (χ3n) is 4.26. The second-order valence-corrected chi connectivity index (χ2v) is 6.20. The summed E-state index contributed by atoms with van der Waals surface area (Å²) < 4.78 is 56.9. The van der Waals surface area contributed by atoms with E-state index >= 15 is 0 Å². The molecule has 140 valence electrons. The van der Waals surface area contributed by atoms with Crippen LogP contribution in [0, 0.1) is 18.6 Å². The molecule has 0 fully saturated rings. The second-order valence-electron chi connectivity index (χ2n) is 6.20. The minimum atomic E-state index is -2.80. The van der Waals surface area contributed by atoms with Gasteiger partial charge in [0, 0.05) is 5.69 Å². The lowest BCUT2D eigenvalue weighted by Crippen LogP contribution is -2.26. The average molecular weight is 385 g/mol. The maximum absolute atomic E-state index is 14.8. The van der Waals surface area contributed by atoms with E-state index in [0.717, 1.165) is 17.0 Å². The molecular formula is C18H12BF4N5. The van der Waals surface area contributed by atoms with E-state index in [9.17, 15) is 17.6 Å². The normalized spacial score (nSPS) is 11.6. The molecule has 0 unspecified atom stereocenters. The van der Waals surface area contributed by atoms with Gasteiger partial charge in [-0.15, -0.1) is 10.2 Å². The van der Waals surface area contributed by atoms with E-state index in [1.54, 1.807) is 13.0 Å². The fourth-order valence-corrected chi connectivity index (χ4v) is 3.18. The molecule has 0 spiro atoms. The third kappa shape index (κ3) is 3.04. The highest BCUT2D eigenvalue weighted by molar-refractivity contribution is 6.32. The number of alkyl halides is 2. The van der Waals surface area contributed by atoms with Crippen LogP contribution in [0.15, 0.2) is 36.4 Å². The molecule has 0 atom stereocenters. The molecule has 0 N–H and O–H groups in total. The van der Waals surface area contributed by atoms with Gasteiger partial charge < -0.3 is 4.90 Å². The molecule has 0 aliphatic rings. The van der Waals surface area contributed by atoms with Crippen LogP contribution in [-0.2, 0) is 0 Å². The van der Waals surface area contributed by atoms with E-state index in [0.29, 0.717) is 11.3 Å². The Labute approximate surface area is 158 Å². The molecule has 2 aromatic carbocycles. The molecule has 2 radical (unpaired) electrons. The molecule has 0 saturated carbocycles. The fraction of sp³-hybridized carbons (Fsp3) is 0.167. The van der Waals surface area contributed by atoms with Crippen LogP contribution in [0.3, 0.4) is 0 Å². The van der Waals surface area contributed by atoms with Gasteiger partial charge in [0.05, 0.1) is 17.4 Å². The highest BCUT2D eigenvalue weighted by Gasteiger charge is 2.24. The smallest absolute Gasteiger partial charge is 0.257 e. The van der Waals surface area contributed by atoms with Gasteiger partial charge >= 0.3 is 0 Å².